The molecule has 1 heterocycles. The summed E-state index contributed by atoms with van der Waals surface area (Å²) in [6.07, 6.45) is 1.95. The Morgan fingerprint density at radius 3 is 1.82 bits per heavy atom. The predicted octanol–water partition coefficient (Wildman–Crippen LogP) is 2.51. The van der Waals surface area contributed by atoms with Gasteiger partial charge in [-0.3, -0.25) is 12.9 Å². The molecule has 1 rings (SSSR count). The maximum atomic E-state index is 9.67. The smallest absolute Gasteiger partial charge is 0.365 e. The van der Waals surface area contributed by atoms with Gasteiger partial charge in [-0.25, -0.2) is 0 Å². The van der Waals surface area contributed by atoms with Gasteiger partial charge in [0.2, 0.25) is 0 Å². The molecular formula is C6H9BF3N. The summed E-state index contributed by atoms with van der Waals surface area (Å²) in [5.41, 5.74) is 2.60. The van der Waals surface area contributed by atoms with E-state index < -0.39 is 7.54 Å². The molecule has 5 heteroatoms. The number of aromatic amines is 1. The van der Waals surface area contributed by atoms with Crippen LogP contribution in [0.1, 0.15) is 11.3 Å². The fourth-order valence-corrected chi connectivity index (χ4v) is 0.531. The van der Waals surface area contributed by atoms with E-state index >= 15 is 0 Å². The Hall–Kier alpha value is -0.865. The van der Waals surface area contributed by atoms with Gasteiger partial charge in [-0.05, 0) is 25.5 Å². The number of halogens is 3. The van der Waals surface area contributed by atoms with Crippen molar-refractivity contribution >= 4 is 7.54 Å². The number of H-pyrrole nitrogens is 1. The van der Waals surface area contributed by atoms with E-state index in [1.807, 2.05) is 6.20 Å². The Bertz CT molecular complexity index is 180. The van der Waals surface area contributed by atoms with Crippen molar-refractivity contribution in [2.24, 2.45) is 0 Å². The van der Waals surface area contributed by atoms with Crippen molar-refractivity contribution in [1.29, 1.82) is 0 Å². The standard InChI is InChI=1S/C6H9N.BF3/c1-5-3-4-7-6(5)2;2-1(3)4/h3-4,7H,1-2H3;. The maximum absolute atomic E-state index is 9.67. The third-order valence-electron chi connectivity index (χ3n) is 1.22. The molecule has 0 spiro atoms. The van der Waals surface area contributed by atoms with Gasteiger partial charge in [0, 0.05) is 11.9 Å². The van der Waals surface area contributed by atoms with E-state index in [9.17, 15) is 12.9 Å². The van der Waals surface area contributed by atoms with E-state index in [4.69, 9.17) is 0 Å². The van der Waals surface area contributed by atoms with Crippen LogP contribution in [0, 0.1) is 13.8 Å². The van der Waals surface area contributed by atoms with Crippen LogP contribution in [0.5, 0.6) is 0 Å². The Morgan fingerprint density at radius 1 is 1.27 bits per heavy atom. The van der Waals surface area contributed by atoms with Crippen molar-refractivity contribution < 1.29 is 12.9 Å². The molecule has 0 atom stereocenters. The third-order valence-corrected chi connectivity index (χ3v) is 1.22. The molecule has 0 saturated carbocycles. The molecule has 1 aromatic heterocycles. The normalized spacial score (nSPS) is 8.45. The molecule has 1 aromatic rings. The van der Waals surface area contributed by atoms with Crippen molar-refractivity contribution in [3.05, 3.63) is 23.5 Å². The first-order valence-corrected chi connectivity index (χ1v) is 3.07. The molecule has 0 aliphatic carbocycles. The maximum Gasteiger partial charge on any atom is 0.762 e. The number of hydrogen-bond acceptors (Lipinski definition) is 0. The molecule has 0 fully saturated rings. The SMILES string of the molecule is Cc1cc[nH]c1C.FB(F)F. The van der Waals surface area contributed by atoms with Crippen LogP contribution in [-0.4, -0.2) is 12.5 Å². The zero-order chi connectivity index (χ0) is 8.85. The van der Waals surface area contributed by atoms with E-state index in [0.29, 0.717) is 0 Å². The van der Waals surface area contributed by atoms with Gasteiger partial charge in [-0.1, -0.05) is 0 Å². The minimum absolute atomic E-state index is 1.26. The molecular weight excluding hydrogens is 154 g/mol. The van der Waals surface area contributed by atoms with Crippen molar-refractivity contribution in [3.63, 3.8) is 0 Å². The van der Waals surface area contributed by atoms with Gasteiger partial charge in [0.05, 0.1) is 0 Å². The third kappa shape index (κ3) is 5.57. The van der Waals surface area contributed by atoms with Crippen LogP contribution in [0.4, 0.5) is 12.9 Å². The highest BCUT2D eigenvalue weighted by Gasteiger charge is 2.06. The highest BCUT2D eigenvalue weighted by atomic mass is 19.4. The molecule has 0 unspecified atom stereocenters. The van der Waals surface area contributed by atoms with Gasteiger partial charge >= 0.3 is 7.54 Å². The number of aryl methyl sites for hydroxylation is 2. The van der Waals surface area contributed by atoms with Gasteiger partial charge in [0.1, 0.15) is 0 Å². The molecule has 0 aliphatic rings. The number of aromatic nitrogens is 1. The molecule has 1 nitrogen and oxygen atoms in total. The minimum Gasteiger partial charge on any atom is -0.365 e. The summed E-state index contributed by atoms with van der Waals surface area (Å²) in [5, 5.41) is 0. The van der Waals surface area contributed by atoms with E-state index in [2.05, 4.69) is 24.9 Å². The Kier molecular flexibility index (Phi) is 4.49. The molecule has 0 saturated heterocycles. The van der Waals surface area contributed by atoms with Gasteiger partial charge in [-0.2, -0.15) is 0 Å². The lowest BCUT2D eigenvalue weighted by Gasteiger charge is -1.81. The summed E-state index contributed by atoms with van der Waals surface area (Å²) in [4.78, 5) is 3.07. The van der Waals surface area contributed by atoms with Gasteiger partial charge in [0.15, 0.2) is 0 Å². The molecule has 0 radical (unpaired) electrons. The molecule has 0 aromatic carbocycles. The Balaban J connectivity index is 0.000000218. The van der Waals surface area contributed by atoms with Crippen molar-refractivity contribution in [3.8, 4) is 0 Å². The first kappa shape index (κ1) is 10.1. The first-order chi connectivity index (χ1) is 5.04. The second kappa shape index (κ2) is 4.88. The number of rotatable bonds is 0. The molecule has 11 heavy (non-hydrogen) atoms. The fourth-order valence-electron chi connectivity index (χ4n) is 0.531. The second-order valence-electron chi connectivity index (χ2n) is 2.03. The minimum atomic E-state index is -3.67. The van der Waals surface area contributed by atoms with E-state index in [-0.39, 0.29) is 0 Å². The van der Waals surface area contributed by atoms with Crippen LogP contribution < -0.4 is 0 Å². The Labute approximate surface area is 63.8 Å². The molecule has 0 aliphatic heterocycles. The predicted molar refractivity (Wildman–Crippen MR) is 39.3 cm³/mol. The summed E-state index contributed by atoms with van der Waals surface area (Å²) in [7, 11) is -3.67. The van der Waals surface area contributed by atoms with Crippen LogP contribution in [0.15, 0.2) is 12.3 Å². The Morgan fingerprint density at radius 2 is 1.73 bits per heavy atom. The summed E-state index contributed by atoms with van der Waals surface area (Å²) in [6, 6.07) is 2.06. The van der Waals surface area contributed by atoms with E-state index in [1.165, 1.54) is 11.3 Å². The second-order valence-corrected chi connectivity index (χ2v) is 2.03. The van der Waals surface area contributed by atoms with Crippen LogP contribution in [0.2, 0.25) is 0 Å². The highest BCUT2D eigenvalue weighted by molar-refractivity contribution is 6.33. The van der Waals surface area contributed by atoms with Crippen LogP contribution in [0.25, 0.3) is 0 Å². The van der Waals surface area contributed by atoms with Gasteiger partial charge in [0.25, 0.3) is 0 Å². The van der Waals surface area contributed by atoms with Crippen molar-refractivity contribution in [2.45, 2.75) is 13.8 Å². The average Bonchev–Trinajstić information content (AvgIpc) is 2.15. The molecule has 1 N–H and O–H groups in total. The van der Waals surface area contributed by atoms with Crippen LogP contribution >= 0.6 is 0 Å². The zero-order valence-corrected chi connectivity index (χ0v) is 6.37. The largest absolute Gasteiger partial charge is 0.762 e. The summed E-state index contributed by atoms with van der Waals surface area (Å²) in [5.74, 6) is 0. The quantitative estimate of drug-likeness (QED) is 0.565. The average molecular weight is 163 g/mol. The van der Waals surface area contributed by atoms with E-state index in [1.54, 1.807) is 0 Å². The van der Waals surface area contributed by atoms with Crippen molar-refractivity contribution in [2.75, 3.05) is 0 Å². The van der Waals surface area contributed by atoms with Crippen molar-refractivity contribution in [1.82, 2.24) is 4.98 Å². The summed E-state index contributed by atoms with van der Waals surface area (Å²) < 4.78 is 29.0. The number of nitrogens with one attached hydrogen (secondary N) is 1. The summed E-state index contributed by atoms with van der Waals surface area (Å²) in [6.45, 7) is 4.15. The van der Waals surface area contributed by atoms with Crippen LogP contribution in [0.3, 0.4) is 0 Å². The monoisotopic (exact) mass is 163 g/mol. The molecule has 62 valence electrons. The highest BCUT2D eigenvalue weighted by Crippen LogP contribution is 1.99. The van der Waals surface area contributed by atoms with Gasteiger partial charge < -0.3 is 4.98 Å². The molecule has 0 amide bonds. The fraction of sp³-hybridized carbons (Fsp3) is 0.333. The zero-order valence-electron chi connectivity index (χ0n) is 6.37. The van der Waals surface area contributed by atoms with Gasteiger partial charge in [-0.15, -0.1) is 0 Å². The lowest BCUT2D eigenvalue weighted by Crippen LogP contribution is -1.76. The molecule has 0 bridgehead atoms. The van der Waals surface area contributed by atoms with Crippen LogP contribution in [-0.2, 0) is 0 Å². The number of hydrogen-bond donors (Lipinski definition) is 1. The van der Waals surface area contributed by atoms with E-state index in [0.717, 1.165) is 0 Å². The lowest BCUT2D eigenvalue weighted by molar-refractivity contribution is 0.535. The topological polar surface area (TPSA) is 15.8 Å². The first-order valence-electron chi connectivity index (χ1n) is 3.07. The summed E-state index contributed by atoms with van der Waals surface area (Å²) >= 11 is 0. The lowest BCUT2D eigenvalue weighted by atomic mass is 10.3.